The maximum absolute atomic E-state index is 12.3. The van der Waals surface area contributed by atoms with Crippen molar-refractivity contribution in [2.45, 2.75) is 30.8 Å². The number of amides is 1. The molecule has 4 heterocycles. The van der Waals surface area contributed by atoms with Crippen molar-refractivity contribution in [2.75, 3.05) is 18.8 Å². The summed E-state index contributed by atoms with van der Waals surface area (Å²) in [5, 5.41) is 3.78. The normalized spacial score (nSPS) is 21.9. The van der Waals surface area contributed by atoms with Crippen LogP contribution in [0.5, 0.6) is 0 Å². The summed E-state index contributed by atoms with van der Waals surface area (Å²) >= 11 is 1.92. The number of pyridine rings is 1. The number of ether oxygens (including phenoxy) is 1. The Morgan fingerprint density at radius 1 is 1.54 bits per heavy atom. The van der Waals surface area contributed by atoms with Crippen molar-refractivity contribution in [3.63, 3.8) is 0 Å². The first-order chi connectivity index (χ1) is 11.6. The maximum Gasteiger partial charge on any atom is 0.292 e. The summed E-state index contributed by atoms with van der Waals surface area (Å²) in [6.07, 6.45) is 4.82. The first kappa shape index (κ1) is 15.7. The Morgan fingerprint density at radius 3 is 3.12 bits per heavy atom. The van der Waals surface area contributed by atoms with E-state index in [0.717, 1.165) is 36.5 Å². The summed E-state index contributed by atoms with van der Waals surface area (Å²) in [6, 6.07) is 5.63. The topological polar surface area (TPSA) is 68.5 Å². The van der Waals surface area contributed by atoms with E-state index in [-0.39, 0.29) is 16.8 Å². The van der Waals surface area contributed by atoms with Gasteiger partial charge < -0.3 is 14.2 Å². The van der Waals surface area contributed by atoms with E-state index in [0.29, 0.717) is 12.4 Å². The van der Waals surface area contributed by atoms with Gasteiger partial charge in [0.15, 0.2) is 0 Å². The van der Waals surface area contributed by atoms with Crippen molar-refractivity contribution in [3.8, 4) is 0 Å². The summed E-state index contributed by atoms with van der Waals surface area (Å²) < 4.78 is 11.2. The highest BCUT2D eigenvalue weighted by Gasteiger charge is 2.51. The summed E-state index contributed by atoms with van der Waals surface area (Å²) in [5.41, 5.74) is 1.82. The highest BCUT2D eigenvalue weighted by molar-refractivity contribution is 8.01. The van der Waals surface area contributed by atoms with Gasteiger partial charge in [-0.25, -0.2) is 0 Å². The molecule has 0 saturated carbocycles. The lowest BCUT2D eigenvalue weighted by Crippen LogP contribution is -2.60. The highest BCUT2D eigenvalue weighted by Crippen LogP contribution is 2.46. The Balaban J connectivity index is 1.28. The quantitative estimate of drug-likeness (QED) is 0.847. The lowest BCUT2D eigenvalue weighted by atomic mass is 9.92. The molecule has 0 N–H and O–H groups in total. The summed E-state index contributed by atoms with van der Waals surface area (Å²) in [5.74, 6) is 1.24. The molecule has 126 valence electrons. The standard InChI is InChI=1S/C17H19N3O3S/c1-12-5-15(23-19-12)16(21)20-10-17(11-20)6-14(9-24-17)22-8-13-3-2-4-18-7-13/h2-5,7,14H,6,8-11H2,1H3/t14-/m1/s1. The molecule has 4 rings (SSSR count). The Labute approximate surface area is 144 Å². The molecule has 2 aromatic rings. The third-order valence-electron chi connectivity index (χ3n) is 4.47. The number of carbonyl (C=O) groups excluding carboxylic acids is 1. The van der Waals surface area contributed by atoms with Crippen LogP contribution in [0, 0.1) is 6.92 Å². The minimum atomic E-state index is -0.0680. The van der Waals surface area contributed by atoms with Crippen LogP contribution in [0.15, 0.2) is 35.1 Å². The predicted octanol–water partition coefficient (Wildman–Crippen LogP) is 2.29. The molecule has 0 aliphatic carbocycles. The molecule has 2 aromatic heterocycles. The molecular weight excluding hydrogens is 326 g/mol. The van der Waals surface area contributed by atoms with Crippen molar-refractivity contribution in [1.29, 1.82) is 0 Å². The number of thioether (sulfide) groups is 1. The minimum absolute atomic E-state index is 0.0680. The molecule has 6 nitrogen and oxygen atoms in total. The lowest BCUT2D eigenvalue weighted by Gasteiger charge is -2.47. The highest BCUT2D eigenvalue weighted by atomic mass is 32.2. The predicted molar refractivity (Wildman–Crippen MR) is 89.8 cm³/mol. The van der Waals surface area contributed by atoms with Gasteiger partial charge in [-0.3, -0.25) is 9.78 Å². The van der Waals surface area contributed by atoms with E-state index in [1.54, 1.807) is 12.3 Å². The number of carbonyl (C=O) groups is 1. The van der Waals surface area contributed by atoms with Gasteiger partial charge in [-0.2, -0.15) is 0 Å². The van der Waals surface area contributed by atoms with Gasteiger partial charge in [-0.1, -0.05) is 11.2 Å². The molecule has 2 saturated heterocycles. The van der Waals surface area contributed by atoms with Gasteiger partial charge in [0.1, 0.15) is 0 Å². The van der Waals surface area contributed by atoms with Crippen molar-refractivity contribution in [2.24, 2.45) is 0 Å². The third kappa shape index (κ3) is 3.06. The summed E-state index contributed by atoms with van der Waals surface area (Å²) in [4.78, 5) is 18.2. The van der Waals surface area contributed by atoms with E-state index in [9.17, 15) is 4.79 Å². The zero-order valence-electron chi connectivity index (χ0n) is 13.5. The second kappa shape index (κ2) is 6.22. The minimum Gasteiger partial charge on any atom is -0.373 e. The molecule has 2 fully saturated rings. The van der Waals surface area contributed by atoms with Crippen LogP contribution in [-0.2, 0) is 11.3 Å². The van der Waals surface area contributed by atoms with E-state index < -0.39 is 0 Å². The average molecular weight is 345 g/mol. The SMILES string of the molecule is Cc1cc(C(=O)N2CC3(C[C@@H](OCc4cccnc4)CS3)C2)on1. The molecule has 7 heteroatoms. The zero-order valence-corrected chi connectivity index (χ0v) is 14.3. The van der Waals surface area contributed by atoms with E-state index in [2.05, 4.69) is 10.1 Å². The molecule has 1 amide bonds. The molecular formula is C17H19N3O3S. The summed E-state index contributed by atoms with van der Waals surface area (Å²) in [6.45, 7) is 3.91. The van der Waals surface area contributed by atoms with E-state index in [1.807, 2.05) is 41.9 Å². The van der Waals surface area contributed by atoms with Gasteiger partial charge in [-0.05, 0) is 25.0 Å². The van der Waals surface area contributed by atoms with Gasteiger partial charge in [0, 0.05) is 37.3 Å². The fourth-order valence-electron chi connectivity index (χ4n) is 3.24. The number of nitrogens with zero attached hydrogens (tertiary/aromatic N) is 3. The van der Waals surface area contributed by atoms with Gasteiger partial charge in [-0.15, -0.1) is 11.8 Å². The molecule has 2 aliphatic heterocycles. The van der Waals surface area contributed by atoms with E-state index in [1.165, 1.54) is 0 Å². The second-order valence-electron chi connectivity index (χ2n) is 6.49. The number of hydrogen-bond acceptors (Lipinski definition) is 6. The monoisotopic (exact) mass is 345 g/mol. The Bertz CT molecular complexity index is 728. The third-order valence-corrected chi connectivity index (χ3v) is 6.04. The molecule has 2 aliphatic rings. The van der Waals surface area contributed by atoms with Crippen LogP contribution < -0.4 is 0 Å². The second-order valence-corrected chi connectivity index (χ2v) is 7.97. The number of rotatable bonds is 4. The maximum atomic E-state index is 12.3. The first-order valence-electron chi connectivity index (χ1n) is 8.01. The molecule has 0 unspecified atom stereocenters. The molecule has 0 radical (unpaired) electrons. The van der Waals surface area contributed by atoms with Crippen LogP contribution in [0.1, 0.15) is 28.2 Å². The fourth-order valence-corrected chi connectivity index (χ4v) is 4.79. The number of aromatic nitrogens is 2. The van der Waals surface area contributed by atoms with Gasteiger partial charge in [0.05, 0.1) is 23.2 Å². The van der Waals surface area contributed by atoms with E-state index >= 15 is 0 Å². The van der Waals surface area contributed by atoms with Crippen molar-refractivity contribution >= 4 is 17.7 Å². The Kier molecular flexibility index (Phi) is 4.05. The molecule has 0 bridgehead atoms. The number of likely N-dealkylation sites (tertiary alicyclic amines) is 1. The Hall–Kier alpha value is -1.86. The van der Waals surface area contributed by atoms with Crippen LogP contribution in [0.2, 0.25) is 0 Å². The van der Waals surface area contributed by atoms with Gasteiger partial charge in [0.25, 0.3) is 5.91 Å². The number of aryl methyl sites for hydroxylation is 1. The molecule has 1 atom stereocenters. The summed E-state index contributed by atoms with van der Waals surface area (Å²) in [7, 11) is 0. The zero-order chi connectivity index (χ0) is 16.6. The molecule has 0 aromatic carbocycles. The van der Waals surface area contributed by atoms with Crippen molar-refractivity contribution < 1.29 is 14.1 Å². The first-order valence-corrected chi connectivity index (χ1v) is 8.99. The molecule has 1 spiro atoms. The van der Waals surface area contributed by atoms with E-state index in [4.69, 9.17) is 9.26 Å². The fraction of sp³-hybridized carbons (Fsp3) is 0.471. The van der Waals surface area contributed by atoms with Crippen LogP contribution in [-0.4, -0.2) is 50.6 Å². The smallest absolute Gasteiger partial charge is 0.292 e. The van der Waals surface area contributed by atoms with Gasteiger partial charge >= 0.3 is 0 Å². The average Bonchev–Trinajstić information content (AvgIpc) is 3.18. The van der Waals surface area contributed by atoms with Crippen molar-refractivity contribution in [3.05, 3.63) is 47.6 Å². The van der Waals surface area contributed by atoms with Crippen LogP contribution in [0.4, 0.5) is 0 Å². The van der Waals surface area contributed by atoms with Gasteiger partial charge in [0.2, 0.25) is 5.76 Å². The Morgan fingerprint density at radius 2 is 2.42 bits per heavy atom. The molecule has 24 heavy (non-hydrogen) atoms. The lowest BCUT2D eigenvalue weighted by molar-refractivity contribution is 0.0239. The van der Waals surface area contributed by atoms with Crippen LogP contribution in [0.3, 0.4) is 0 Å². The van der Waals surface area contributed by atoms with Crippen molar-refractivity contribution in [1.82, 2.24) is 15.0 Å². The number of hydrogen-bond donors (Lipinski definition) is 0. The van der Waals surface area contributed by atoms with Crippen LogP contribution >= 0.6 is 11.8 Å². The van der Waals surface area contributed by atoms with Crippen LogP contribution in [0.25, 0.3) is 0 Å². The largest absolute Gasteiger partial charge is 0.373 e.